The van der Waals surface area contributed by atoms with E-state index in [0.717, 1.165) is 104 Å². The second kappa shape index (κ2) is 9.74. The summed E-state index contributed by atoms with van der Waals surface area (Å²) in [5.41, 5.74) is 0.984. The summed E-state index contributed by atoms with van der Waals surface area (Å²) >= 11 is 1.55. The highest BCUT2D eigenvalue weighted by molar-refractivity contribution is 7.20. The van der Waals surface area contributed by atoms with Crippen LogP contribution in [0.3, 0.4) is 0 Å². The average Bonchev–Trinajstić information content (AvgIpc) is 3.41. The molecule has 0 aromatic carbocycles. The fraction of sp³-hybridized carbons (Fsp3) is 0.720. The van der Waals surface area contributed by atoms with Gasteiger partial charge in [-0.15, -0.1) is 11.3 Å². The second-order valence-corrected chi connectivity index (χ2v) is 11.3. The number of aryl methyl sites for hydroxylation is 1. The fourth-order valence-electron chi connectivity index (χ4n) is 5.59. The van der Waals surface area contributed by atoms with Gasteiger partial charge in [-0.3, -0.25) is 14.3 Å². The lowest BCUT2D eigenvalue weighted by molar-refractivity contribution is -0.138. The summed E-state index contributed by atoms with van der Waals surface area (Å²) in [6.45, 7) is 7.65. The number of hydrogen-bond acceptors (Lipinski definition) is 5. The lowest BCUT2D eigenvalue weighted by Gasteiger charge is -2.35. The van der Waals surface area contributed by atoms with Gasteiger partial charge < -0.3 is 15.0 Å². The molecule has 2 saturated heterocycles. The number of rotatable bonds is 4. The molecule has 2 aromatic rings. The lowest BCUT2D eigenvalue weighted by atomic mass is 9.84. The summed E-state index contributed by atoms with van der Waals surface area (Å²) in [4.78, 5) is 29.9. The van der Waals surface area contributed by atoms with Gasteiger partial charge in [0.25, 0.3) is 5.91 Å². The standard InChI is InChI=1S/C25H36N4O3S/c1-16-7-11-28(12-8-16)24(31)18-3-5-19(6-4-18)26-23(30)22-15-21-17(2)27-29(25(21)33-22)20-9-13-32-14-10-20/h15-16,18-20H,3-14H2,1-2H3,(H,26,30)/t18-,19-. The summed E-state index contributed by atoms with van der Waals surface area (Å²) in [5.74, 6) is 1.21. The van der Waals surface area contributed by atoms with Gasteiger partial charge in [0.2, 0.25) is 5.91 Å². The smallest absolute Gasteiger partial charge is 0.261 e. The number of carbonyl (C=O) groups excluding carboxylic acids is 2. The molecular formula is C25H36N4O3S. The van der Waals surface area contributed by atoms with E-state index in [4.69, 9.17) is 9.84 Å². The number of fused-ring (bicyclic) bond motifs is 1. The van der Waals surface area contributed by atoms with Gasteiger partial charge >= 0.3 is 0 Å². The minimum atomic E-state index is 0.00826. The van der Waals surface area contributed by atoms with E-state index in [-0.39, 0.29) is 17.9 Å². The number of hydrogen-bond donors (Lipinski definition) is 1. The Morgan fingerprint density at radius 3 is 2.45 bits per heavy atom. The van der Waals surface area contributed by atoms with E-state index in [1.165, 1.54) is 0 Å². The molecule has 180 valence electrons. The van der Waals surface area contributed by atoms with Gasteiger partial charge in [-0.05, 0) is 70.3 Å². The molecule has 33 heavy (non-hydrogen) atoms. The molecule has 7 nitrogen and oxygen atoms in total. The number of amides is 2. The molecule has 1 saturated carbocycles. The number of nitrogens with zero attached hydrogens (tertiary/aromatic N) is 3. The van der Waals surface area contributed by atoms with Crippen LogP contribution in [-0.2, 0) is 9.53 Å². The molecule has 3 fully saturated rings. The van der Waals surface area contributed by atoms with Crippen molar-refractivity contribution in [1.82, 2.24) is 20.0 Å². The van der Waals surface area contributed by atoms with Crippen molar-refractivity contribution in [2.75, 3.05) is 26.3 Å². The van der Waals surface area contributed by atoms with Crippen molar-refractivity contribution in [3.63, 3.8) is 0 Å². The third-order valence-electron chi connectivity index (χ3n) is 7.84. The van der Waals surface area contributed by atoms with Crippen LogP contribution in [0.15, 0.2) is 6.07 Å². The first-order valence-corrected chi connectivity index (χ1v) is 13.5. The number of nitrogens with one attached hydrogen (secondary N) is 1. The number of aromatic nitrogens is 2. The van der Waals surface area contributed by atoms with Crippen LogP contribution in [-0.4, -0.2) is 58.8 Å². The number of ether oxygens (including phenoxy) is 1. The highest BCUT2D eigenvalue weighted by Crippen LogP contribution is 2.34. The monoisotopic (exact) mass is 472 g/mol. The number of carbonyl (C=O) groups is 2. The van der Waals surface area contributed by atoms with E-state index in [0.29, 0.717) is 11.9 Å². The van der Waals surface area contributed by atoms with Crippen molar-refractivity contribution in [2.45, 2.75) is 77.3 Å². The quantitative estimate of drug-likeness (QED) is 0.720. The Bertz CT molecular complexity index is 993. The molecule has 3 aliphatic rings. The topological polar surface area (TPSA) is 76.5 Å². The van der Waals surface area contributed by atoms with E-state index in [9.17, 15) is 9.59 Å². The van der Waals surface area contributed by atoms with E-state index < -0.39 is 0 Å². The highest BCUT2D eigenvalue weighted by atomic mass is 32.1. The summed E-state index contributed by atoms with van der Waals surface area (Å²) in [6, 6.07) is 2.50. The zero-order valence-corrected chi connectivity index (χ0v) is 20.7. The van der Waals surface area contributed by atoms with E-state index >= 15 is 0 Å². The Balaban J connectivity index is 1.18. The molecule has 5 rings (SSSR count). The van der Waals surface area contributed by atoms with Crippen molar-refractivity contribution >= 4 is 33.4 Å². The normalized spacial score (nSPS) is 25.5. The van der Waals surface area contributed by atoms with Gasteiger partial charge in [-0.1, -0.05) is 6.92 Å². The van der Waals surface area contributed by atoms with Crippen molar-refractivity contribution < 1.29 is 14.3 Å². The van der Waals surface area contributed by atoms with Crippen molar-refractivity contribution in [2.24, 2.45) is 11.8 Å². The zero-order chi connectivity index (χ0) is 22.9. The molecule has 0 unspecified atom stereocenters. The van der Waals surface area contributed by atoms with Crippen molar-refractivity contribution in [3.05, 3.63) is 16.6 Å². The second-order valence-electron chi connectivity index (χ2n) is 10.2. The van der Waals surface area contributed by atoms with E-state index in [2.05, 4.69) is 21.8 Å². The van der Waals surface area contributed by atoms with Crippen LogP contribution in [0, 0.1) is 18.8 Å². The van der Waals surface area contributed by atoms with Crippen LogP contribution >= 0.6 is 11.3 Å². The average molecular weight is 473 g/mol. The Labute approximate surface area is 199 Å². The minimum absolute atomic E-state index is 0.00826. The van der Waals surface area contributed by atoms with Crippen LogP contribution in [0.2, 0.25) is 0 Å². The van der Waals surface area contributed by atoms with Crippen molar-refractivity contribution in [3.8, 4) is 0 Å². The molecular weight excluding hydrogens is 436 g/mol. The van der Waals surface area contributed by atoms with E-state index in [1.54, 1.807) is 11.3 Å². The lowest BCUT2D eigenvalue weighted by Crippen LogP contribution is -2.44. The van der Waals surface area contributed by atoms with Crippen LogP contribution in [0.25, 0.3) is 10.2 Å². The van der Waals surface area contributed by atoms with Crippen LogP contribution in [0.4, 0.5) is 0 Å². The van der Waals surface area contributed by atoms with Gasteiger partial charge in [0.05, 0.1) is 16.6 Å². The molecule has 2 amide bonds. The maximum atomic E-state index is 13.0. The maximum absolute atomic E-state index is 13.0. The van der Waals surface area contributed by atoms with Crippen LogP contribution in [0.1, 0.15) is 79.7 Å². The molecule has 0 atom stereocenters. The Kier molecular flexibility index (Phi) is 6.74. The number of likely N-dealkylation sites (tertiary alicyclic amines) is 1. The summed E-state index contributed by atoms with van der Waals surface area (Å²) < 4.78 is 7.62. The van der Waals surface area contributed by atoms with E-state index in [1.807, 2.05) is 13.0 Å². The number of piperidine rings is 1. The Hall–Kier alpha value is -1.93. The molecule has 0 radical (unpaired) electrons. The third-order valence-corrected chi connectivity index (χ3v) is 8.96. The third kappa shape index (κ3) is 4.83. The SMILES string of the molecule is Cc1nn(C2CCOCC2)c2sc(C(=O)N[C@H]3CC[C@H](C(=O)N4CCC(C)CC4)CC3)cc12. The Morgan fingerprint density at radius 1 is 1.06 bits per heavy atom. The molecule has 1 aliphatic carbocycles. The molecule has 2 aromatic heterocycles. The van der Waals surface area contributed by atoms with Gasteiger partial charge in [0.15, 0.2) is 0 Å². The Morgan fingerprint density at radius 2 is 1.76 bits per heavy atom. The van der Waals surface area contributed by atoms with Gasteiger partial charge in [-0.25, -0.2) is 0 Å². The summed E-state index contributed by atoms with van der Waals surface area (Å²) in [7, 11) is 0. The summed E-state index contributed by atoms with van der Waals surface area (Å²) in [5, 5.41) is 9.09. The molecule has 4 heterocycles. The molecule has 8 heteroatoms. The molecule has 0 spiro atoms. The number of thiophene rings is 1. The first kappa shape index (κ1) is 22.8. The highest BCUT2D eigenvalue weighted by Gasteiger charge is 2.32. The predicted molar refractivity (Wildman–Crippen MR) is 130 cm³/mol. The fourth-order valence-corrected chi connectivity index (χ4v) is 6.73. The van der Waals surface area contributed by atoms with Gasteiger partial charge in [0.1, 0.15) is 4.83 Å². The predicted octanol–water partition coefficient (Wildman–Crippen LogP) is 4.30. The molecule has 1 N–H and O–H groups in total. The van der Waals surface area contributed by atoms with Gasteiger partial charge in [-0.2, -0.15) is 5.10 Å². The molecule has 0 bridgehead atoms. The van der Waals surface area contributed by atoms with Crippen molar-refractivity contribution in [1.29, 1.82) is 0 Å². The van der Waals surface area contributed by atoms with Crippen LogP contribution < -0.4 is 5.32 Å². The maximum Gasteiger partial charge on any atom is 0.261 e. The van der Waals surface area contributed by atoms with Gasteiger partial charge in [0, 0.05) is 43.6 Å². The minimum Gasteiger partial charge on any atom is -0.381 e. The summed E-state index contributed by atoms with van der Waals surface area (Å²) in [6.07, 6.45) is 7.69. The molecule has 2 aliphatic heterocycles. The zero-order valence-electron chi connectivity index (χ0n) is 19.8. The van der Waals surface area contributed by atoms with Crippen LogP contribution in [0.5, 0.6) is 0 Å². The largest absolute Gasteiger partial charge is 0.381 e. The first-order valence-electron chi connectivity index (χ1n) is 12.7. The first-order chi connectivity index (χ1) is 16.0.